The summed E-state index contributed by atoms with van der Waals surface area (Å²) in [6.07, 6.45) is 19.6. The molecule has 4 aliphatic rings. The fraction of sp³-hybridized carbons (Fsp3) is 1.00. The van der Waals surface area contributed by atoms with Gasteiger partial charge in [0.25, 0.3) is 0 Å². The van der Waals surface area contributed by atoms with Crippen molar-refractivity contribution in [1.29, 1.82) is 0 Å². The van der Waals surface area contributed by atoms with Crippen LogP contribution in [0.15, 0.2) is 0 Å². The number of hydrogen-bond acceptors (Lipinski definition) is 4. The molecule has 146 valence electrons. The molecule has 4 fully saturated rings. The predicted octanol–water partition coefficient (Wildman–Crippen LogP) is 4.21. The first-order valence-corrected chi connectivity index (χ1v) is 10.3. The molecule has 4 nitrogen and oxygen atoms in total. The second kappa shape index (κ2) is 19.3. The second-order valence-electron chi connectivity index (χ2n) is 7.17. The number of ether oxygens (including phenoxy) is 2. The van der Waals surface area contributed by atoms with Crippen molar-refractivity contribution in [2.45, 2.75) is 102 Å². The summed E-state index contributed by atoms with van der Waals surface area (Å²) in [6.45, 7) is 2.07. The largest absolute Gasteiger partial charge is 2.00 e. The molecule has 25 heavy (non-hydrogen) atoms. The summed E-state index contributed by atoms with van der Waals surface area (Å²) in [4.78, 5) is 0. The van der Waals surface area contributed by atoms with Crippen molar-refractivity contribution in [3.8, 4) is 0 Å². The Labute approximate surface area is 169 Å². The van der Waals surface area contributed by atoms with Crippen LogP contribution in [0.25, 0.3) is 0 Å². The van der Waals surface area contributed by atoms with Gasteiger partial charge in [0.15, 0.2) is 0 Å². The average Bonchev–Trinajstić information content (AvgIpc) is 3.46. The number of aliphatic hydroxyl groups excluding tert-OH is 2. The number of aliphatic hydroxyl groups is 2. The van der Waals surface area contributed by atoms with E-state index in [1.54, 1.807) is 0 Å². The maximum absolute atomic E-state index is 8.44. The van der Waals surface area contributed by atoms with E-state index in [4.69, 9.17) is 19.7 Å². The molecule has 2 N–H and O–H groups in total. The second-order valence-corrected chi connectivity index (χ2v) is 7.17. The molecule has 2 saturated heterocycles. The first-order chi connectivity index (χ1) is 11.9. The smallest absolute Gasteiger partial charge is 0.394 e. The van der Waals surface area contributed by atoms with Gasteiger partial charge in [0.2, 0.25) is 0 Å². The standard InChI is InChI=1S/2C5H10O2.2C5H10.Ti/c2*6-4-5-2-1-3-7-5;2*1-2-4-5-3-1;/h2*5-6H,1-4H2;2*1-5H2;/q;;;;+2. The monoisotopic (exact) mass is 392 g/mol. The van der Waals surface area contributed by atoms with Gasteiger partial charge in [-0.15, -0.1) is 0 Å². The summed E-state index contributed by atoms with van der Waals surface area (Å²) in [5.74, 6) is 0. The minimum absolute atomic E-state index is 0. The molecular weight excluding hydrogens is 352 g/mol. The molecule has 0 amide bonds. The van der Waals surface area contributed by atoms with Crippen LogP contribution in [0.3, 0.4) is 0 Å². The molecule has 2 atom stereocenters. The van der Waals surface area contributed by atoms with E-state index in [0.717, 1.165) is 38.9 Å². The molecule has 2 saturated carbocycles. The van der Waals surface area contributed by atoms with Crippen LogP contribution in [0.4, 0.5) is 0 Å². The van der Waals surface area contributed by atoms with Crippen molar-refractivity contribution >= 4 is 0 Å². The van der Waals surface area contributed by atoms with E-state index in [0.29, 0.717) is 0 Å². The van der Waals surface area contributed by atoms with Gasteiger partial charge in [-0.1, -0.05) is 64.2 Å². The van der Waals surface area contributed by atoms with Crippen molar-refractivity contribution in [3.63, 3.8) is 0 Å². The van der Waals surface area contributed by atoms with E-state index in [9.17, 15) is 0 Å². The summed E-state index contributed by atoms with van der Waals surface area (Å²) in [5.41, 5.74) is 0. The molecule has 2 unspecified atom stereocenters. The Morgan fingerprint density at radius 2 is 0.800 bits per heavy atom. The molecule has 0 radical (unpaired) electrons. The molecule has 0 aromatic rings. The molecule has 2 aliphatic carbocycles. The first-order valence-electron chi connectivity index (χ1n) is 10.3. The Morgan fingerprint density at radius 1 is 0.520 bits per heavy atom. The van der Waals surface area contributed by atoms with Crippen molar-refractivity contribution in [2.75, 3.05) is 26.4 Å². The van der Waals surface area contributed by atoms with Gasteiger partial charge in [0.05, 0.1) is 25.4 Å². The van der Waals surface area contributed by atoms with Crippen LogP contribution in [-0.4, -0.2) is 48.8 Å². The topological polar surface area (TPSA) is 58.9 Å². The molecule has 0 bridgehead atoms. The van der Waals surface area contributed by atoms with E-state index < -0.39 is 0 Å². The number of rotatable bonds is 2. The van der Waals surface area contributed by atoms with E-state index in [2.05, 4.69) is 0 Å². The van der Waals surface area contributed by atoms with Gasteiger partial charge in [-0.05, 0) is 25.7 Å². The summed E-state index contributed by atoms with van der Waals surface area (Å²) >= 11 is 0. The minimum Gasteiger partial charge on any atom is -0.394 e. The normalized spacial score (nSPS) is 27.1. The molecule has 0 aromatic heterocycles. The van der Waals surface area contributed by atoms with E-state index in [1.807, 2.05) is 0 Å². The van der Waals surface area contributed by atoms with Crippen molar-refractivity contribution in [3.05, 3.63) is 0 Å². The molecular formula is C20H40O4Ti+2. The SMILES string of the molecule is C1CCCC1.C1CCCC1.OCC1CCCO1.OCC1CCCO1.[Ti+2]. The van der Waals surface area contributed by atoms with Crippen LogP contribution < -0.4 is 0 Å². The van der Waals surface area contributed by atoms with E-state index in [1.165, 1.54) is 64.2 Å². The average molecular weight is 392 g/mol. The van der Waals surface area contributed by atoms with Gasteiger partial charge >= 0.3 is 21.7 Å². The fourth-order valence-corrected chi connectivity index (χ4v) is 3.34. The molecule has 4 rings (SSSR count). The third-order valence-electron chi connectivity index (χ3n) is 4.96. The Morgan fingerprint density at radius 3 is 0.920 bits per heavy atom. The maximum Gasteiger partial charge on any atom is 2.00 e. The summed E-state index contributed by atoms with van der Waals surface area (Å²) < 4.78 is 10.1. The van der Waals surface area contributed by atoms with Crippen LogP contribution >= 0.6 is 0 Å². The molecule has 5 heteroatoms. The fourth-order valence-electron chi connectivity index (χ4n) is 3.34. The maximum atomic E-state index is 8.44. The van der Waals surface area contributed by atoms with Crippen molar-refractivity contribution < 1.29 is 41.4 Å². The van der Waals surface area contributed by atoms with E-state index in [-0.39, 0.29) is 47.1 Å². The summed E-state index contributed by atoms with van der Waals surface area (Å²) in [6, 6.07) is 0. The van der Waals surface area contributed by atoms with Gasteiger partial charge in [-0.25, -0.2) is 0 Å². The third-order valence-corrected chi connectivity index (χ3v) is 4.96. The van der Waals surface area contributed by atoms with Crippen LogP contribution in [0.5, 0.6) is 0 Å². The van der Waals surface area contributed by atoms with Gasteiger partial charge in [-0.2, -0.15) is 0 Å². The Kier molecular flexibility index (Phi) is 19.7. The van der Waals surface area contributed by atoms with Gasteiger partial charge < -0.3 is 19.7 Å². The molecule has 2 aliphatic heterocycles. The Balaban J connectivity index is 0.000000307. The summed E-state index contributed by atoms with van der Waals surface area (Å²) in [5, 5.41) is 16.9. The van der Waals surface area contributed by atoms with Crippen LogP contribution in [0, 0.1) is 0 Å². The quantitative estimate of drug-likeness (QED) is 0.691. The minimum atomic E-state index is 0. The van der Waals surface area contributed by atoms with E-state index >= 15 is 0 Å². The van der Waals surface area contributed by atoms with Gasteiger partial charge in [0.1, 0.15) is 0 Å². The molecule has 2 heterocycles. The van der Waals surface area contributed by atoms with Crippen LogP contribution in [-0.2, 0) is 31.2 Å². The molecule has 0 spiro atoms. The number of hydrogen-bond donors (Lipinski definition) is 2. The van der Waals surface area contributed by atoms with Crippen molar-refractivity contribution in [1.82, 2.24) is 0 Å². The molecule has 0 aromatic carbocycles. The zero-order chi connectivity index (χ0) is 17.3. The van der Waals surface area contributed by atoms with Gasteiger partial charge in [-0.3, -0.25) is 0 Å². The zero-order valence-corrected chi connectivity index (χ0v) is 17.7. The van der Waals surface area contributed by atoms with Crippen LogP contribution in [0.1, 0.15) is 89.9 Å². The third kappa shape index (κ3) is 15.3. The predicted molar refractivity (Wildman–Crippen MR) is 98.3 cm³/mol. The zero-order valence-electron chi connectivity index (χ0n) is 16.1. The first kappa shape index (κ1) is 25.6. The van der Waals surface area contributed by atoms with Crippen molar-refractivity contribution in [2.24, 2.45) is 0 Å². The van der Waals surface area contributed by atoms with Gasteiger partial charge in [0, 0.05) is 13.2 Å². The Bertz CT molecular complexity index is 205. The van der Waals surface area contributed by atoms with Crippen LogP contribution in [0.2, 0.25) is 0 Å². The summed E-state index contributed by atoms with van der Waals surface area (Å²) in [7, 11) is 0. The Hall–Kier alpha value is 0.554.